The maximum atomic E-state index is 12.2. The number of nitrogens with zero attached hydrogens (tertiary/aromatic N) is 4. The molecule has 0 fully saturated rings. The summed E-state index contributed by atoms with van der Waals surface area (Å²) in [6, 6.07) is 17.9. The fourth-order valence-electron chi connectivity index (χ4n) is 4.53. The fraction of sp³-hybridized carbons (Fsp3) is 0.235. The molecule has 0 aliphatic carbocycles. The minimum absolute atomic E-state index is 0.250. The average Bonchev–Trinajstić information content (AvgIpc) is 3.68. The van der Waals surface area contributed by atoms with Crippen LogP contribution in [-0.4, -0.2) is 46.8 Å². The van der Waals surface area contributed by atoms with E-state index in [1.807, 2.05) is 0 Å². The number of alkyl halides is 6. The van der Waals surface area contributed by atoms with E-state index in [9.17, 15) is 26.3 Å². The Hall–Kier alpha value is -6.78. The van der Waals surface area contributed by atoms with Crippen LogP contribution >= 0.6 is 0 Å². The highest BCUT2D eigenvalue weighted by Crippen LogP contribution is 2.37. The van der Waals surface area contributed by atoms with Gasteiger partial charge < -0.3 is 28.6 Å². The van der Waals surface area contributed by atoms with Gasteiger partial charge in [-0.15, -0.1) is 26.3 Å². The highest BCUT2D eigenvalue weighted by Gasteiger charge is 2.39. The molecule has 0 saturated carbocycles. The van der Waals surface area contributed by atoms with Crippen molar-refractivity contribution in [3.63, 3.8) is 0 Å². The van der Waals surface area contributed by atoms with E-state index in [-0.39, 0.29) is 23.8 Å². The molecule has 0 unspecified atom stereocenters. The third-order valence-corrected chi connectivity index (χ3v) is 6.81. The quantitative estimate of drug-likeness (QED) is 0.187. The lowest BCUT2D eigenvalue weighted by Crippen LogP contribution is -2.23. The summed E-state index contributed by atoms with van der Waals surface area (Å²) < 4.78 is 92.0. The minimum Gasteiger partial charge on any atom is -0.438 e. The molecule has 2 aromatic carbocycles. The molecular weight excluding hydrogens is 738 g/mol. The summed E-state index contributed by atoms with van der Waals surface area (Å²) in [6.45, 7) is 3.55. The number of benzene rings is 2. The smallest absolute Gasteiger partial charge is 0.438 e. The van der Waals surface area contributed by atoms with Gasteiger partial charge in [-0.2, -0.15) is 19.2 Å². The van der Waals surface area contributed by atoms with E-state index >= 15 is 0 Å². The van der Waals surface area contributed by atoms with Crippen molar-refractivity contribution in [3.8, 4) is 23.0 Å². The Balaban J connectivity index is 0.000000254. The Morgan fingerprint density at radius 1 is 0.574 bits per heavy atom. The zero-order valence-electron chi connectivity index (χ0n) is 27.8. The Bertz CT molecular complexity index is 1780. The number of hydrogen-bond donors (Lipinski definition) is 0. The first kappa shape index (κ1) is 41.6. The Morgan fingerprint density at radius 2 is 0.907 bits per heavy atom. The molecule has 0 radical (unpaired) electrons. The zero-order valence-corrected chi connectivity index (χ0v) is 27.8. The van der Waals surface area contributed by atoms with Gasteiger partial charge >= 0.3 is 25.0 Å². The Kier molecular flexibility index (Phi) is 14.4. The second kappa shape index (κ2) is 18.6. The molecule has 2 atom stereocenters. The largest absolute Gasteiger partial charge is 0.573 e. The fourth-order valence-corrected chi connectivity index (χ4v) is 4.53. The van der Waals surface area contributed by atoms with Crippen molar-refractivity contribution in [1.82, 2.24) is 9.97 Å². The van der Waals surface area contributed by atoms with Crippen LogP contribution in [0, 0.1) is 0 Å². The van der Waals surface area contributed by atoms with E-state index in [0.29, 0.717) is 47.3 Å². The summed E-state index contributed by atoms with van der Waals surface area (Å²) >= 11 is 0. The lowest BCUT2D eigenvalue weighted by atomic mass is 9.93. The number of pyridine rings is 2. The van der Waals surface area contributed by atoms with Gasteiger partial charge in [0, 0.05) is 12.4 Å². The highest BCUT2D eigenvalue weighted by atomic mass is 19.4. The lowest BCUT2D eigenvalue weighted by Gasteiger charge is -2.21. The van der Waals surface area contributed by atoms with E-state index < -0.39 is 23.9 Å². The molecule has 2 aliphatic rings. The summed E-state index contributed by atoms with van der Waals surface area (Å²) in [5, 5.41) is 7.80. The molecule has 20 heteroatoms. The number of rotatable bonds is 6. The van der Waals surface area contributed by atoms with Crippen LogP contribution in [0.3, 0.4) is 0 Å². The first-order chi connectivity index (χ1) is 25.5. The molecule has 0 N–H and O–H groups in total. The first-order valence-corrected chi connectivity index (χ1v) is 14.9. The minimum atomic E-state index is -4.72. The molecule has 14 nitrogen and oxygen atoms in total. The van der Waals surface area contributed by atoms with Gasteiger partial charge in [-0.05, 0) is 73.5 Å². The second-order valence-electron chi connectivity index (χ2n) is 10.9. The summed E-state index contributed by atoms with van der Waals surface area (Å²) in [5.41, 5.74) is -0.334. The van der Waals surface area contributed by atoms with Gasteiger partial charge in [0.1, 0.15) is 23.0 Å². The number of oxime groups is 2. The lowest BCUT2D eigenvalue weighted by molar-refractivity contribution is -0.275. The van der Waals surface area contributed by atoms with Crippen molar-refractivity contribution < 1.29 is 74.1 Å². The van der Waals surface area contributed by atoms with Gasteiger partial charge in [0.05, 0.1) is 25.2 Å². The van der Waals surface area contributed by atoms with Crippen LogP contribution in [0.1, 0.15) is 37.8 Å². The predicted molar refractivity (Wildman–Crippen MR) is 167 cm³/mol. The first-order valence-electron chi connectivity index (χ1n) is 14.9. The predicted octanol–water partition coefficient (Wildman–Crippen LogP) is 6.85. The summed E-state index contributed by atoms with van der Waals surface area (Å²) in [4.78, 5) is 51.2. The van der Waals surface area contributed by atoms with Crippen molar-refractivity contribution in [2.45, 2.75) is 50.6 Å². The van der Waals surface area contributed by atoms with E-state index in [1.165, 1.54) is 48.5 Å². The van der Waals surface area contributed by atoms with Crippen LogP contribution in [0.15, 0.2) is 108 Å². The zero-order chi connectivity index (χ0) is 39.8. The molecule has 0 bridgehead atoms. The second-order valence-corrected chi connectivity index (χ2v) is 10.9. The van der Waals surface area contributed by atoms with Crippen LogP contribution in [-0.2, 0) is 40.1 Å². The topological polar surface area (TPSA) is 174 Å². The van der Waals surface area contributed by atoms with Crippen LogP contribution in [0.2, 0.25) is 0 Å². The molecule has 0 saturated heterocycles. The van der Waals surface area contributed by atoms with E-state index in [4.69, 9.17) is 38.3 Å². The summed E-state index contributed by atoms with van der Waals surface area (Å²) in [6.07, 6.45) is -1.94. The van der Waals surface area contributed by atoms with Crippen LogP contribution in [0.4, 0.5) is 26.3 Å². The molecule has 2 aromatic heterocycles. The summed E-state index contributed by atoms with van der Waals surface area (Å²) in [7, 11) is 0. The van der Waals surface area contributed by atoms with Crippen molar-refractivity contribution in [3.05, 3.63) is 109 Å². The van der Waals surface area contributed by atoms with Crippen molar-refractivity contribution in [2.75, 3.05) is 0 Å². The number of ether oxygens (including phenoxy) is 4. The highest BCUT2D eigenvalue weighted by molar-refractivity contribution is 5.81. The third kappa shape index (κ3) is 13.4. The third-order valence-electron chi connectivity index (χ3n) is 6.81. The van der Waals surface area contributed by atoms with Gasteiger partial charge in [0.2, 0.25) is 11.8 Å². The normalized spacial score (nSPS) is 18.3. The van der Waals surface area contributed by atoms with Gasteiger partial charge in [0.25, 0.3) is 0 Å². The molecule has 4 aromatic rings. The molecular formula is C34H26F6N4O10. The van der Waals surface area contributed by atoms with Crippen LogP contribution in [0.25, 0.3) is 0 Å². The van der Waals surface area contributed by atoms with Gasteiger partial charge in [-0.25, -0.2) is 0 Å². The van der Waals surface area contributed by atoms with Gasteiger partial charge in [-0.3, -0.25) is 9.97 Å². The van der Waals surface area contributed by atoms with Crippen LogP contribution in [0.5, 0.6) is 23.0 Å². The Morgan fingerprint density at radius 3 is 1.19 bits per heavy atom. The molecule has 0 spiro atoms. The summed E-state index contributed by atoms with van der Waals surface area (Å²) in [5.74, 6) is 1.19. The molecule has 284 valence electrons. The SMILES string of the molecule is C[C@@]1(c2ccc(OC(F)(F)F)cc2)CC(Oc2cccnc2)=NO1.C[C@]1(c2ccc(OC(F)(F)F)cc2)CC(Oc2cccnc2)=NO1.O=C=O.O=C=O. The Labute approximate surface area is 300 Å². The van der Waals surface area contributed by atoms with Crippen molar-refractivity contribution >= 4 is 24.1 Å². The number of carbonyl (C=O) groups excluding carboxylic acids is 4. The monoisotopic (exact) mass is 764 g/mol. The number of aromatic nitrogens is 2. The van der Waals surface area contributed by atoms with E-state index in [2.05, 4.69) is 29.8 Å². The van der Waals surface area contributed by atoms with Gasteiger partial charge in [-0.1, -0.05) is 34.6 Å². The number of halogens is 6. The molecule has 2 aliphatic heterocycles. The van der Waals surface area contributed by atoms with Gasteiger partial charge in [0.15, 0.2) is 11.2 Å². The van der Waals surface area contributed by atoms with E-state index in [1.54, 1.807) is 62.9 Å². The molecule has 4 heterocycles. The molecule has 0 amide bonds. The number of hydrogen-bond acceptors (Lipinski definition) is 14. The molecule has 6 rings (SSSR count). The van der Waals surface area contributed by atoms with Crippen molar-refractivity contribution in [1.29, 1.82) is 0 Å². The van der Waals surface area contributed by atoms with E-state index in [0.717, 1.165) is 0 Å². The van der Waals surface area contributed by atoms with Crippen molar-refractivity contribution in [2.24, 2.45) is 10.3 Å². The average molecular weight is 765 g/mol. The molecule has 54 heavy (non-hydrogen) atoms. The van der Waals surface area contributed by atoms with Crippen LogP contribution < -0.4 is 18.9 Å². The standard InChI is InChI=1S/2C16H13F3N2O3.2CO2/c2*1-15(11-4-6-12(7-5-11)23-16(17,18)19)9-14(21-24-15)22-13-3-2-8-20-10-13;2*2-1-3/h2*2-8,10H,9H2,1H3;;/t2*15-;;/m10../s1. The maximum absolute atomic E-state index is 12.2. The maximum Gasteiger partial charge on any atom is 0.573 e.